The van der Waals surface area contributed by atoms with E-state index in [1.807, 2.05) is 36.1 Å². The number of hydrogen-bond acceptors (Lipinski definition) is 3. The minimum atomic E-state index is -0.268. The third-order valence-corrected chi connectivity index (χ3v) is 4.89. The van der Waals surface area contributed by atoms with E-state index in [9.17, 15) is 9.59 Å². The molecule has 0 aromatic heterocycles. The van der Waals surface area contributed by atoms with Gasteiger partial charge in [-0.2, -0.15) is 0 Å². The van der Waals surface area contributed by atoms with Crippen LogP contribution in [0.4, 0.5) is 0 Å². The lowest BCUT2D eigenvalue weighted by Gasteiger charge is -2.39. The third kappa shape index (κ3) is 4.34. The van der Waals surface area contributed by atoms with Crippen LogP contribution in [0.3, 0.4) is 0 Å². The Kier molecular flexibility index (Phi) is 6.20. The Bertz CT molecular complexity index is 555. The smallest absolute Gasteiger partial charge is 0.307 e. The summed E-state index contributed by atoms with van der Waals surface area (Å²) in [4.78, 5) is 26.5. The van der Waals surface area contributed by atoms with Gasteiger partial charge < -0.3 is 9.64 Å². The van der Waals surface area contributed by atoms with Gasteiger partial charge in [-0.1, -0.05) is 38.0 Å². The first-order valence-corrected chi connectivity index (χ1v) is 8.48. The molecule has 4 nitrogen and oxygen atoms in total. The van der Waals surface area contributed by atoms with Gasteiger partial charge in [0.1, 0.15) is 0 Å². The number of carbonyl (C=O) groups excluding carboxylic acids is 2. The van der Waals surface area contributed by atoms with Crippen molar-refractivity contribution in [1.29, 1.82) is 0 Å². The summed E-state index contributed by atoms with van der Waals surface area (Å²) in [7, 11) is 1.39. The number of aryl methyl sites for hydroxylation is 1. The highest BCUT2D eigenvalue weighted by molar-refractivity contribution is 5.96. The molecule has 0 heterocycles. The van der Waals surface area contributed by atoms with Crippen molar-refractivity contribution >= 4 is 11.9 Å². The lowest BCUT2D eigenvalue weighted by atomic mass is 9.84. The van der Waals surface area contributed by atoms with Crippen LogP contribution in [0.25, 0.3) is 0 Å². The number of ether oxygens (including phenoxy) is 1. The largest absolute Gasteiger partial charge is 0.469 e. The summed E-state index contributed by atoms with van der Waals surface area (Å²) in [6.45, 7) is 4.59. The molecule has 4 heteroatoms. The van der Waals surface area contributed by atoms with E-state index >= 15 is 0 Å². The molecule has 1 amide bonds. The normalized spacial score (nSPS) is 20.8. The van der Waals surface area contributed by atoms with Crippen molar-refractivity contribution in [3.63, 3.8) is 0 Å². The average molecular weight is 317 g/mol. The van der Waals surface area contributed by atoms with E-state index in [1.54, 1.807) is 0 Å². The van der Waals surface area contributed by atoms with Gasteiger partial charge in [0.25, 0.3) is 5.91 Å². The van der Waals surface area contributed by atoms with Gasteiger partial charge in [0.05, 0.1) is 13.5 Å². The maximum Gasteiger partial charge on any atom is 0.307 e. The Morgan fingerprint density at radius 1 is 1.22 bits per heavy atom. The highest BCUT2D eigenvalue weighted by Crippen LogP contribution is 2.29. The highest BCUT2D eigenvalue weighted by Gasteiger charge is 2.31. The van der Waals surface area contributed by atoms with Gasteiger partial charge in [0.15, 0.2) is 0 Å². The van der Waals surface area contributed by atoms with E-state index < -0.39 is 0 Å². The standard InChI is InChI=1S/C19H27NO3/c1-14-8-4-6-10-16(14)19(22)20(13-12-18(21)23-3)17-11-7-5-9-15(17)2/h4,6,8,10,15,17H,5,7,9,11-13H2,1-3H3. The van der Waals surface area contributed by atoms with Crippen molar-refractivity contribution in [2.24, 2.45) is 5.92 Å². The SMILES string of the molecule is COC(=O)CCN(C(=O)c1ccccc1C)C1CCCCC1C. The zero-order valence-corrected chi connectivity index (χ0v) is 14.4. The molecule has 0 N–H and O–H groups in total. The number of rotatable bonds is 5. The summed E-state index contributed by atoms with van der Waals surface area (Å²) in [6.07, 6.45) is 4.77. The number of amides is 1. The van der Waals surface area contributed by atoms with Crippen LogP contribution in [0.1, 0.15) is 54.9 Å². The Morgan fingerprint density at radius 2 is 1.91 bits per heavy atom. The van der Waals surface area contributed by atoms with Crippen LogP contribution in [0, 0.1) is 12.8 Å². The van der Waals surface area contributed by atoms with Gasteiger partial charge in [-0.05, 0) is 37.3 Å². The molecule has 1 aromatic carbocycles. The second kappa shape index (κ2) is 8.14. The van der Waals surface area contributed by atoms with Gasteiger partial charge in [0.2, 0.25) is 0 Å². The third-order valence-electron chi connectivity index (χ3n) is 4.89. The van der Waals surface area contributed by atoms with Crippen LogP contribution in [0.2, 0.25) is 0 Å². The molecule has 0 bridgehead atoms. The minimum Gasteiger partial charge on any atom is -0.469 e. The molecule has 2 unspecified atom stereocenters. The Morgan fingerprint density at radius 3 is 2.57 bits per heavy atom. The predicted octanol–water partition coefficient (Wildman–Crippen LogP) is 3.58. The second-order valence-corrected chi connectivity index (χ2v) is 6.47. The fourth-order valence-electron chi connectivity index (χ4n) is 3.46. The molecule has 0 radical (unpaired) electrons. The molecule has 126 valence electrons. The fourth-order valence-corrected chi connectivity index (χ4v) is 3.46. The van der Waals surface area contributed by atoms with Crippen molar-refractivity contribution in [2.45, 2.75) is 52.0 Å². The molecule has 1 aromatic rings. The first-order chi connectivity index (χ1) is 11.0. The molecular weight excluding hydrogens is 290 g/mol. The summed E-state index contributed by atoms with van der Waals surface area (Å²) < 4.78 is 4.75. The molecule has 1 fully saturated rings. The number of methoxy groups -OCH3 is 1. The van der Waals surface area contributed by atoms with Crippen LogP contribution < -0.4 is 0 Å². The van der Waals surface area contributed by atoms with E-state index in [-0.39, 0.29) is 24.3 Å². The maximum atomic E-state index is 13.1. The second-order valence-electron chi connectivity index (χ2n) is 6.47. The Labute approximate surface area is 138 Å². The summed E-state index contributed by atoms with van der Waals surface area (Å²) >= 11 is 0. The van der Waals surface area contributed by atoms with Crippen LogP contribution in [-0.2, 0) is 9.53 Å². The number of esters is 1. The molecule has 1 saturated carbocycles. The van der Waals surface area contributed by atoms with Gasteiger partial charge in [-0.15, -0.1) is 0 Å². The van der Waals surface area contributed by atoms with E-state index in [0.29, 0.717) is 12.5 Å². The zero-order valence-electron chi connectivity index (χ0n) is 14.4. The molecule has 1 aliphatic carbocycles. The van der Waals surface area contributed by atoms with Gasteiger partial charge in [-0.25, -0.2) is 0 Å². The quantitative estimate of drug-likeness (QED) is 0.780. The lowest BCUT2D eigenvalue weighted by molar-refractivity contribution is -0.141. The molecule has 0 saturated heterocycles. The highest BCUT2D eigenvalue weighted by atomic mass is 16.5. The Hall–Kier alpha value is -1.84. The van der Waals surface area contributed by atoms with Crippen LogP contribution in [0.5, 0.6) is 0 Å². The number of carbonyl (C=O) groups is 2. The topological polar surface area (TPSA) is 46.6 Å². The van der Waals surface area contributed by atoms with Crippen LogP contribution in [-0.4, -0.2) is 36.5 Å². The van der Waals surface area contributed by atoms with E-state index in [4.69, 9.17) is 4.74 Å². The van der Waals surface area contributed by atoms with E-state index in [2.05, 4.69) is 6.92 Å². The van der Waals surface area contributed by atoms with Crippen molar-refractivity contribution in [3.8, 4) is 0 Å². The monoisotopic (exact) mass is 317 g/mol. The molecule has 2 atom stereocenters. The first-order valence-electron chi connectivity index (χ1n) is 8.48. The van der Waals surface area contributed by atoms with E-state index in [1.165, 1.54) is 13.5 Å². The molecule has 2 rings (SSSR count). The summed E-state index contributed by atoms with van der Waals surface area (Å²) in [5, 5.41) is 0. The zero-order chi connectivity index (χ0) is 16.8. The molecule has 1 aliphatic rings. The summed E-state index contributed by atoms with van der Waals surface area (Å²) in [5.41, 5.74) is 1.71. The summed E-state index contributed by atoms with van der Waals surface area (Å²) in [5.74, 6) is 0.233. The molecule has 23 heavy (non-hydrogen) atoms. The molecule has 0 aliphatic heterocycles. The number of hydrogen-bond donors (Lipinski definition) is 0. The predicted molar refractivity (Wildman–Crippen MR) is 90.3 cm³/mol. The minimum absolute atomic E-state index is 0.0331. The van der Waals surface area contributed by atoms with Crippen molar-refractivity contribution in [1.82, 2.24) is 4.90 Å². The van der Waals surface area contributed by atoms with Crippen molar-refractivity contribution in [3.05, 3.63) is 35.4 Å². The summed E-state index contributed by atoms with van der Waals surface area (Å²) in [6, 6.07) is 7.87. The van der Waals surface area contributed by atoms with Crippen LogP contribution >= 0.6 is 0 Å². The van der Waals surface area contributed by atoms with Crippen molar-refractivity contribution < 1.29 is 14.3 Å². The fraction of sp³-hybridized carbons (Fsp3) is 0.579. The lowest BCUT2D eigenvalue weighted by Crippen LogP contribution is -2.46. The Balaban J connectivity index is 2.23. The molecule has 0 spiro atoms. The average Bonchev–Trinajstić information content (AvgIpc) is 2.56. The van der Waals surface area contributed by atoms with E-state index in [0.717, 1.165) is 30.4 Å². The number of nitrogens with zero attached hydrogens (tertiary/aromatic N) is 1. The van der Waals surface area contributed by atoms with Crippen LogP contribution in [0.15, 0.2) is 24.3 Å². The first kappa shape index (κ1) is 17.5. The van der Waals surface area contributed by atoms with Gasteiger partial charge >= 0.3 is 5.97 Å². The van der Waals surface area contributed by atoms with Crippen molar-refractivity contribution in [2.75, 3.05) is 13.7 Å². The molecular formula is C19H27NO3. The maximum absolute atomic E-state index is 13.1. The number of benzene rings is 1. The van der Waals surface area contributed by atoms with Gasteiger partial charge in [0, 0.05) is 18.2 Å². The van der Waals surface area contributed by atoms with Gasteiger partial charge in [-0.3, -0.25) is 9.59 Å².